The third-order valence-corrected chi connectivity index (χ3v) is 5.42. The third-order valence-electron chi connectivity index (χ3n) is 5.42. The minimum Gasteiger partial charge on any atom is -0.489 e. The number of carbonyl (C=O) groups is 3. The first-order chi connectivity index (χ1) is 16.9. The summed E-state index contributed by atoms with van der Waals surface area (Å²) in [6.07, 6.45) is 0.759. The molecule has 7 heteroatoms. The second-order valence-electron chi connectivity index (χ2n) is 8.08. The largest absolute Gasteiger partial charge is 0.489 e. The Morgan fingerprint density at radius 2 is 1.46 bits per heavy atom. The molecule has 7 nitrogen and oxygen atoms in total. The molecule has 3 aromatic carbocycles. The number of amides is 1. The number of nitrogens with one attached hydrogen (secondary N) is 1. The fourth-order valence-electron chi connectivity index (χ4n) is 3.48. The van der Waals surface area contributed by atoms with Gasteiger partial charge in [-0.05, 0) is 58.5 Å². The number of benzene rings is 3. The first kappa shape index (κ1) is 25.5. The van der Waals surface area contributed by atoms with Gasteiger partial charge in [-0.15, -0.1) is 0 Å². The number of esters is 1. The molecule has 0 bridgehead atoms. The molecule has 0 unspecified atom stereocenters. The second-order valence-corrected chi connectivity index (χ2v) is 8.08. The van der Waals surface area contributed by atoms with E-state index in [0.29, 0.717) is 26.0 Å². The lowest BCUT2D eigenvalue weighted by atomic mass is 10.0. The monoisotopic (exact) mass is 475 g/mol. The van der Waals surface area contributed by atoms with Gasteiger partial charge >= 0.3 is 11.9 Å². The normalized spacial score (nSPS) is 10.4. The number of ether oxygens (including phenoxy) is 2. The number of carbonyl (C=O) groups excluding carboxylic acids is 2. The number of methoxy groups -OCH3 is 1. The molecule has 0 saturated carbocycles. The van der Waals surface area contributed by atoms with Crippen LogP contribution in [0.25, 0.3) is 11.1 Å². The van der Waals surface area contributed by atoms with Crippen LogP contribution in [0.5, 0.6) is 5.75 Å². The van der Waals surface area contributed by atoms with Crippen molar-refractivity contribution in [3.8, 4) is 16.9 Å². The second kappa shape index (κ2) is 12.9. The standard InChI is InChI=1S/C28H29NO6/c1-34-28(33)15-10-20-8-11-25(12-9-20)35-19-22-5-3-7-24(17-22)23-6-2-4-21(16-23)18-29-26(30)13-14-27(31)32/h2-9,11-12,16-17H,10,13-15,18-19H2,1H3,(H,29,30)(H,31,32). The van der Waals surface area contributed by atoms with Gasteiger partial charge in [-0.25, -0.2) is 0 Å². The smallest absolute Gasteiger partial charge is 0.305 e. The molecular weight excluding hydrogens is 446 g/mol. The van der Waals surface area contributed by atoms with E-state index in [1.54, 1.807) is 0 Å². The van der Waals surface area contributed by atoms with E-state index in [4.69, 9.17) is 9.84 Å². The van der Waals surface area contributed by atoms with Gasteiger partial charge < -0.3 is 19.9 Å². The van der Waals surface area contributed by atoms with Crippen LogP contribution in [0, 0.1) is 0 Å². The van der Waals surface area contributed by atoms with E-state index >= 15 is 0 Å². The van der Waals surface area contributed by atoms with Gasteiger partial charge in [0, 0.05) is 19.4 Å². The predicted molar refractivity (Wildman–Crippen MR) is 132 cm³/mol. The Balaban J connectivity index is 1.56. The molecule has 0 aliphatic carbocycles. The molecule has 182 valence electrons. The molecule has 1 amide bonds. The molecule has 0 saturated heterocycles. The fourth-order valence-corrected chi connectivity index (χ4v) is 3.48. The van der Waals surface area contributed by atoms with Crippen LogP contribution in [0.2, 0.25) is 0 Å². The number of carboxylic acids is 1. The predicted octanol–water partition coefficient (Wildman–Crippen LogP) is 4.52. The molecular formula is C28H29NO6. The van der Waals surface area contributed by atoms with Crippen molar-refractivity contribution in [2.45, 2.75) is 38.8 Å². The molecule has 0 aliphatic rings. The number of aryl methyl sites for hydroxylation is 1. The van der Waals surface area contributed by atoms with E-state index in [9.17, 15) is 14.4 Å². The first-order valence-electron chi connectivity index (χ1n) is 11.4. The Bertz CT molecular complexity index is 1160. The maximum Gasteiger partial charge on any atom is 0.305 e. The van der Waals surface area contributed by atoms with E-state index in [2.05, 4.69) is 16.1 Å². The highest BCUT2D eigenvalue weighted by Crippen LogP contribution is 2.23. The van der Waals surface area contributed by atoms with E-state index < -0.39 is 5.97 Å². The van der Waals surface area contributed by atoms with Gasteiger partial charge in [0.2, 0.25) is 5.91 Å². The average Bonchev–Trinajstić information content (AvgIpc) is 2.89. The molecule has 3 aromatic rings. The van der Waals surface area contributed by atoms with Crippen LogP contribution in [0.3, 0.4) is 0 Å². The van der Waals surface area contributed by atoms with Gasteiger partial charge in [-0.3, -0.25) is 14.4 Å². The van der Waals surface area contributed by atoms with E-state index in [1.165, 1.54) is 7.11 Å². The van der Waals surface area contributed by atoms with Crippen LogP contribution in [-0.2, 0) is 38.7 Å². The lowest BCUT2D eigenvalue weighted by Gasteiger charge is -2.10. The van der Waals surface area contributed by atoms with Gasteiger partial charge in [0.25, 0.3) is 0 Å². The zero-order chi connectivity index (χ0) is 25.0. The summed E-state index contributed by atoms with van der Waals surface area (Å²) in [5.41, 5.74) is 5.04. The Labute approximate surface area is 204 Å². The minimum atomic E-state index is -0.987. The zero-order valence-electron chi connectivity index (χ0n) is 19.7. The summed E-state index contributed by atoms with van der Waals surface area (Å²) in [5, 5.41) is 11.4. The number of carboxylic acid groups (broad SMARTS) is 1. The van der Waals surface area contributed by atoms with Gasteiger partial charge in [0.15, 0.2) is 0 Å². The lowest BCUT2D eigenvalue weighted by Crippen LogP contribution is -2.23. The lowest BCUT2D eigenvalue weighted by molar-refractivity contribution is -0.140. The quantitative estimate of drug-likeness (QED) is 0.374. The third kappa shape index (κ3) is 8.62. The molecule has 0 aliphatic heterocycles. The van der Waals surface area contributed by atoms with E-state index in [-0.39, 0.29) is 24.7 Å². The summed E-state index contributed by atoms with van der Waals surface area (Å²) in [6, 6.07) is 23.6. The molecule has 0 aromatic heterocycles. The average molecular weight is 476 g/mol. The highest BCUT2D eigenvalue weighted by molar-refractivity contribution is 5.80. The van der Waals surface area contributed by atoms with Crippen LogP contribution in [0.4, 0.5) is 0 Å². The number of hydrogen-bond acceptors (Lipinski definition) is 5. The van der Waals surface area contributed by atoms with Crippen LogP contribution < -0.4 is 10.1 Å². The molecule has 0 radical (unpaired) electrons. The molecule has 0 heterocycles. The number of hydrogen-bond donors (Lipinski definition) is 2. The zero-order valence-corrected chi connectivity index (χ0v) is 19.7. The van der Waals surface area contributed by atoms with Crippen LogP contribution in [0.15, 0.2) is 72.8 Å². The van der Waals surface area contributed by atoms with Crippen molar-refractivity contribution in [1.29, 1.82) is 0 Å². The first-order valence-corrected chi connectivity index (χ1v) is 11.4. The summed E-state index contributed by atoms with van der Waals surface area (Å²) in [7, 11) is 1.39. The van der Waals surface area contributed by atoms with Gasteiger partial charge in [0.1, 0.15) is 12.4 Å². The topological polar surface area (TPSA) is 102 Å². The highest BCUT2D eigenvalue weighted by atomic mass is 16.5. The van der Waals surface area contributed by atoms with Crippen molar-refractivity contribution >= 4 is 17.8 Å². The summed E-state index contributed by atoms with van der Waals surface area (Å²) < 4.78 is 10.6. The Morgan fingerprint density at radius 1 is 0.800 bits per heavy atom. The van der Waals surface area contributed by atoms with Crippen molar-refractivity contribution < 1.29 is 29.0 Å². The Hall–Kier alpha value is -4.13. The van der Waals surface area contributed by atoms with E-state index in [1.807, 2.05) is 66.7 Å². The molecule has 0 atom stereocenters. The van der Waals surface area contributed by atoms with Crippen molar-refractivity contribution in [1.82, 2.24) is 5.32 Å². The van der Waals surface area contributed by atoms with Crippen molar-refractivity contribution in [3.63, 3.8) is 0 Å². The SMILES string of the molecule is COC(=O)CCc1ccc(OCc2cccc(-c3cccc(CNC(=O)CCC(=O)O)c3)c2)cc1. The number of aliphatic carboxylic acids is 1. The van der Waals surface area contributed by atoms with Crippen LogP contribution >= 0.6 is 0 Å². The highest BCUT2D eigenvalue weighted by Gasteiger charge is 2.07. The van der Waals surface area contributed by atoms with E-state index in [0.717, 1.165) is 33.6 Å². The van der Waals surface area contributed by atoms with Crippen molar-refractivity contribution in [2.24, 2.45) is 0 Å². The van der Waals surface area contributed by atoms with Gasteiger partial charge in [-0.1, -0.05) is 48.5 Å². The van der Waals surface area contributed by atoms with Crippen LogP contribution in [-0.4, -0.2) is 30.1 Å². The minimum absolute atomic E-state index is 0.0344. The molecule has 2 N–H and O–H groups in total. The Kier molecular flexibility index (Phi) is 9.42. The molecule has 35 heavy (non-hydrogen) atoms. The maximum atomic E-state index is 11.8. The summed E-state index contributed by atoms with van der Waals surface area (Å²) >= 11 is 0. The maximum absolute atomic E-state index is 11.8. The summed E-state index contributed by atoms with van der Waals surface area (Å²) in [6.45, 7) is 0.749. The fraction of sp³-hybridized carbons (Fsp3) is 0.250. The molecule has 3 rings (SSSR count). The van der Waals surface area contributed by atoms with Gasteiger partial charge in [-0.2, -0.15) is 0 Å². The number of rotatable bonds is 12. The summed E-state index contributed by atoms with van der Waals surface area (Å²) in [4.78, 5) is 33.7. The van der Waals surface area contributed by atoms with Crippen molar-refractivity contribution in [2.75, 3.05) is 7.11 Å². The molecule has 0 spiro atoms. The Morgan fingerprint density at radius 3 is 2.11 bits per heavy atom. The molecule has 0 fully saturated rings. The summed E-state index contributed by atoms with van der Waals surface area (Å²) in [5.74, 6) is -0.749. The van der Waals surface area contributed by atoms with Crippen molar-refractivity contribution in [3.05, 3.63) is 89.5 Å². The van der Waals surface area contributed by atoms with Gasteiger partial charge in [0.05, 0.1) is 13.5 Å². The van der Waals surface area contributed by atoms with Crippen LogP contribution in [0.1, 0.15) is 36.0 Å².